The third-order valence-electron chi connectivity index (χ3n) is 2.58. The molecule has 0 bridgehead atoms. The van der Waals surface area contributed by atoms with E-state index in [4.69, 9.17) is 5.26 Å². The SMILES string of the molecule is CC(C)CNC(=O)C(C)Nc1cccc(F)c1C#N. The molecule has 0 spiro atoms. The number of carbonyl (C=O) groups is 1. The van der Waals surface area contributed by atoms with E-state index in [0.717, 1.165) is 0 Å². The van der Waals surface area contributed by atoms with E-state index in [1.165, 1.54) is 12.1 Å². The fourth-order valence-corrected chi connectivity index (χ4v) is 1.51. The number of anilines is 1. The zero-order valence-electron chi connectivity index (χ0n) is 11.3. The Morgan fingerprint density at radius 1 is 1.42 bits per heavy atom. The largest absolute Gasteiger partial charge is 0.373 e. The van der Waals surface area contributed by atoms with Gasteiger partial charge in [-0.2, -0.15) is 5.26 Å². The van der Waals surface area contributed by atoms with E-state index in [-0.39, 0.29) is 11.5 Å². The minimum Gasteiger partial charge on any atom is -0.373 e. The van der Waals surface area contributed by atoms with Crippen LogP contribution in [0.2, 0.25) is 0 Å². The molecular weight excluding hydrogens is 245 g/mol. The zero-order chi connectivity index (χ0) is 14.4. The maximum absolute atomic E-state index is 13.4. The predicted octanol–water partition coefficient (Wildman–Crippen LogP) is 2.27. The van der Waals surface area contributed by atoms with Crippen molar-refractivity contribution in [2.75, 3.05) is 11.9 Å². The molecule has 0 aliphatic carbocycles. The summed E-state index contributed by atoms with van der Waals surface area (Å²) in [5.74, 6) is -0.413. The Morgan fingerprint density at radius 3 is 2.68 bits per heavy atom. The molecule has 1 amide bonds. The minimum absolute atomic E-state index is 0.0778. The van der Waals surface area contributed by atoms with E-state index in [2.05, 4.69) is 10.6 Å². The molecule has 1 unspecified atom stereocenters. The normalized spacial score (nSPS) is 11.8. The molecule has 0 radical (unpaired) electrons. The first-order valence-electron chi connectivity index (χ1n) is 6.18. The van der Waals surface area contributed by atoms with Gasteiger partial charge in [0, 0.05) is 6.54 Å². The van der Waals surface area contributed by atoms with Gasteiger partial charge < -0.3 is 10.6 Å². The average Bonchev–Trinajstić information content (AvgIpc) is 2.36. The summed E-state index contributed by atoms with van der Waals surface area (Å²) in [6.07, 6.45) is 0. The highest BCUT2D eigenvalue weighted by molar-refractivity contribution is 5.84. The van der Waals surface area contributed by atoms with Crippen molar-refractivity contribution in [3.63, 3.8) is 0 Å². The third-order valence-corrected chi connectivity index (χ3v) is 2.58. The van der Waals surface area contributed by atoms with Crippen LogP contribution in [0.25, 0.3) is 0 Å². The summed E-state index contributed by atoms with van der Waals surface area (Å²) in [4.78, 5) is 11.8. The summed E-state index contributed by atoms with van der Waals surface area (Å²) >= 11 is 0. The molecule has 1 atom stereocenters. The number of halogens is 1. The van der Waals surface area contributed by atoms with Gasteiger partial charge in [0.1, 0.15) is 23.5 Å². The van der Waals surface area contributed by atoms with E-state index in [1.54, 1.807) is 19.1 Å². The van der Waals surface area contributed by atoms with Crippen molar-refractivity contribution in [2.24, 2.45) is 5.92 Å². The summed E-state index contributed by atoms with van der Waals surface area (Å²) in [5.41, 5.74) is 0.251. The Bertz CT molecular complexity index is 494. The van der Waals surface area contributed by atoms with Crippen LogP contribution in [0.15, 0.2) is 18.2 Å². The molecular formula is C14H18FN3O. The molecule has 0 heterocycles. The van der Waals surface area contributed by atoms with E-state index < -0.39 is 11.9 Å². The lowest BCUT2D eigenvalue weighted by Gasteiger charge is -2.17. The Morgan fingerprint density at radius 2 is 2.11 bits per heavy atom. The molecule has 0 aliphatic rings. The molecule has 0 fully saturated rings. The topological polar surface area (TPSA) is 64.9 Å². The smallest absolute Gasteiger partial charge is 0.242 e. The number of benzene rings is 1. The molecule has 1 aromatic rings. The van der Waals surface area contributed by atoms with Gasteiger partial charge in [0.2, 0.25) is 5.91 Å². The van der Waals surface area contributed by atoms with E-state index in [1.807, 2.05) is 13.8 Å². The van der Waals surface area contributed by atoms with Crippen molar-refractivity contribution in [2.45, 2.75) is 26.8 Å². The van der Waals surface area contributed by atoms with Gasteiger partial charge in [0.05, 0.1) is 5.69 Å². The van der Waals surface area contributed by atoms with Gasteiger partial charge in [-0.25, -0.2) is 4.39 Å². The van der Waals surface area contributed by atoms with Crippen LogP contribution in [-0.2, 0) is 4.79 Å². The molecule has 2 N–H and O–H groups in total. The van der Waals surface area contributed by atoms with Crippen LogP contribution in [0, 0.1) is 23.1 Å². The summed E-state index contributed by atoms with van der Waals surface area (Å²) in [6.45, 7) is 6.25. The number of hydrogen-bond acceptors (Lipinski definition) is 3. The van der Waals surface area contributed by atoms with Crippen molar-refractivity contribution in [1.29, 1.82) is 5.26 Å². The Kier molecular flexibility index (Phi) is 5.31. The quantitative estimate of drug-likeness (QED) is 0.856. The van der Waals surface area contributed by atoms with Gasteiger partial charge in [-0.3, -0.25) is 4.79 Å². The first-order chi connectivity index (χ1) is 8.95. The van der Waals surface area contributed by atoms with Crippen LogP contribution in [0.3, 0.4) is 0 Å². The number of rotatable bonds is 5. The lowest BCUT2D eigenvalue weighted by atomic mass is 10.1. The second-order valence-corrected chi connectivity index (χ2v) is 4.78. The van der Waals surface area contributed by atoms with Crippen molar-refractivity contribution in [3.8, 4) is 6.07 Å². The minimum atomic E-state index is -0.595. The van der Waals surface area contributed by atoms with Crippen LogP contribution in [-0.4, -0.2) is 18.5 Å². The van der Waals surface area contributed by atoms with Crippen LogP contribution in [0.4, 0.5) is 10.1 Å². The summed E-state index contributed by atoms with van der Waals surface area (Å²) in [7, 11) is 0. The number of nitriles is 1. The highest BCUT2D eigenvalue weighted by atomic mass is 19.1. The molecule has 0 aromatic heterocycles. The van der Waals surface area contributed by atoms with E-state index in [0.29, 0.717) is 18.2 Å². The number of carbonyl (C=O) groups excluding carboxylic acids is 1. The molecule has 102 valence electrons. The highest BCUT2D eigenvalue weighted by Gasteiger charge is 2.15. The van der Waals surface area contributed by atoms with Crippen LogP contribution in [0.1, 0.15) is 26.3 Å². The molecule has 0 aliphatic heterocycles. The Balaban J connectivity index is 2.72. The van der Waals surface area contributed by atoms with Gasteiger partial charge in [0.25, 0.3) is 0 Å². The summed E-state index contributed by atoms with van der Waals surface area (Å²) < 4.78 is 13.4. The maximum Gasteiger partial charge on any atom is 0.242 e. The van der Waals surface area contributed by atoms with Gasteiger partial charge in [-0.15, -0.1) is 0 Å². The average molecular weight is 263 g/mol. The summed E-state index contributed by atoms with van der Waals surface area (Å²) in [6, 6.07) is 5.54. The first-order valence-corrected chi connectivity index (χ1v) is 6.18. The van der Waals surface area contributed by atoms with E-state index in [9.17, 15) is 9.18 Å². The van der Waals surface area contributed by atoms with Crippen LogP contribution < -0.4 is 10.6 Å². The van der Waals surface area contributed by atoms with Gasteiger partial charge in [-0.05, 0) is 25.0 Å². The fourth-order valence-electron chi connectivity index (χ4n) is 1.51. The van der Waals surface area contributed by atoms with Crippen molar-refractivity contribution in [1.82, 2.24) is 5.32 Å². The summed E-state index contributed by atoms with van der Waals surface area (Å²) in [5, 5.41) is 14.5. The molecule has 19 heavy (non-hydrogen) atoms. The fraction of sp³-hybridized carbons (Fsp3) is 0.429. The standard InChI is InChI=1S/C14H18FN3O/c1-9(2)8-17-14(19)10(3)18-13-6-4-5-12(15)11(13)7-16/h4-6,9-10,18H,8H2,1-3H3,(H,17,19). The second-order valence-electron chi connectivity index (χ2n) is 4.78. The van der Waals surface area contributed by atoms with Gasteiger partial charge >= 0.3 is 0 Å². The molecule has 1 rings (SSSR count). The molecule has 4 nitrogen and oxygen atoms in total. The van der Waals surface area contributed by atoms with Crippen LogP contribution in [0.5, 0.6) is 0 Å². The number of nitrogens with one attached hydrogen (secondary N) is 2. The molecule has 0 saturated heterocycles. The number of amides is 1. The van der Waals surface area contributed by atoms with Gasteiger partial charge in [-0.1, -0.05) is 19.9 Å². The Labute approximate surface area is 112 Å². The van der Waals surface area contributed by atoms with Gasteiger partial charge in [0.15, 0.2) is 0 Å². The van der Waals surface area contributed by atoms with Crippen molar-refractivity contribution < 1.29 is 9.18 Å². The third kappa shape index (κ3) is 4.25. The monoisotopic (exact) mass is 263 g/mol. The predicted molar refractivity (Wildman–Crippen MR) is 72.0 cm³/mol. The Hall–Kier alpha value is -2.09. The first kappa shape index (κ1) is 15.0. The van der Waals surface area contributed by atoms with Crippen molar-refractivity contribution >= 4 is 11.6 Å². The lowest BCUT2D eigenvalue weighted by Crippen LogP contribution is -2.39. The molecule has 0 saturated carbocycles. The number of hydrogen-bond donors (Lipinski definition) is 2. The lowest BCUT2D eigenvalue weighted by molar-refractivity contribution is -0.121. The van der Waals surface area contributed by atoms with E-state index >= 15 is 0 Å². The molecule has 1 aromatic carbocycles. The van der Waals surface area contributed by atoms with Crippen LogP contribution >= 0.6 is 0 Å². The maximum atomic E-state index is 13.4. The molecule has 5 heteroatoms. The van der Waals surface area contributed by atoms with Crippen molar-refractivity contribution in [3.05, 3.63) is 29.6 Å². The zero-order valence-corrected chi connectivity index (χ0v) is 11.3. The second kappa shape index (κ2) is 6.74. The highest BCUT2D eigenvalue weighted by Crippen LogP contribution is 2.18. The number of nitrogens with zero attached hydrogens (tertiary/aromatic N) is 1.